The van der Waals surface area contributed by atoms with E-state index in [1.165, 1.54) is 18.2 Å². The van der Waals surface area contributed by atoms with Crippen molar-refractivity contribution >= 4 is 17.4 Å². The molecule has 9 heteroatoms. The molecule has 0 radical (unpaired) electrons. The highest BCUT2D eigenvalue weighted by Gasteiger charge is 2.39. The molecule has 2 atom stereocenters. The summed E-state index contributed by atoms with van der Waals surface area (Å²) in [5.74, 6) is -4.50. The van der Waals surface area contributed by atoms with Gasteiger partial charge in [-0.25, -0.2) is 17.6 Å². The lowest BCUT2D eigenvalue weighted by Crippen LogP contribution is -2.23. The Morgan fingerprint density at radius 2 is 1.93 bits per heavy atom. The third-order valence-corrected chi connectivity index (χ3v) is 6.60. The van der Waals surface area contributed by atoms with Crippen LogP contribution in [0.2, 0.25) is 0 Å². The molecule has 1 aliphatic heterocycles. The highest BCUT2D eigenvalue weighted by Crippen LogP contribution is 2.49. The number of benzene rings is 1. The van der Waals surface area contributed by atoms with Gasteiger partial charge in [0.2, 0.25) is 5.92 Å². The quantitative estimate of drug-likeness (QED) is 0.528. The zero-order chi connectivity index (χ0) is 20.8. The molecule has 2 N–H and O–H groups in total. The van der Waals surface area contributed by atoms with E-state index in [9.17, 15) is 17.6 Å². The van der Waals surface area contributed by atoms with Crippen molar-refractivity contribution in [3.8, 4) is 0 Å². The lowest BCUT2D eigenvalue weighted by molar-refractivity contribution is -0.0184. The number of halogens is 4. The normalized spacial score (nSPS) is 24.4. The van der Waals surface area contributed by atoms with Gasteiger partial charge in [0, 0.05) is 32.0 Å². The minimum atomic E-state index is -2.74. The van der Waals surface area contributed by atoms with Crippen molar-refractivity contribution < 1.29 is 17.6 Å². The molecule has 1 fully saturated rings. The minimum absolute atomic E-state index is 0.116. The van der Waals surface area contributed by atoms with Gasteiger partial charge in [-0.05, 0) is 25.0 Å². The van der Waals surface area contributed by atoms with E-state index < -0.39 is 28.8 Å². The zero-order valence-corrected chi connectivity index (χ0v) is 16.7. The van der Waals surface area contributed by atoms with Crippen LogP contribution in [0.25, 0.3) is 0 Å². The summed E-state index contributed by atoms with van der Waals surface area (Å²) < 4.78 is 59.1. The van der Waals surface area contributed by atoms with Crippen molar-refractivity contribution in [1.82, 2.24) is 9.78 Å². The number of hydrogen-bond acceptors (Lipinski definition) is 4. The van der Waals surface area contributed by atoms with Crippen molar-refractivity contribution in [2.75, 3.05) is 4.90 Å². The number of thioether (sulfide) groups is 1. The van der Waals surface area contributed by atoms with E-state index in [0.29, 0.717) is 35.7 Å². The van der Waals surface area contributed by atoms with Gasteiger partial charge in [0.05, 0.1) is 28.2 Å². The van der Waals surface area contributed by atoms with E-state index in [0.717, 1.165) is 11.8 Å². The zero-order valence-electron chi connectivity index (χ0n) is 15.9. The minimum Gasteiger partial charge on any atom is -0.392 e. The summed E-state index contributed by atoms with van der Waals surface area (Å²) in [5.41, 5.74) is 7.06. The second-order valence-corrected chi connectivity index (χ2v) is 8.74. The summed E-state index contributed by atoms with van der Waals surface area (Å²) in [6, 6.07) is 3.70. The van der Waals surface area contributed by atoms with Crippen LogP contribution in [0, 0.1) is 11.6 Å². The lowest BCUT2D eigenvalue weighted by atomic mass is 9.93. The second kappa shape index (κ2) is 7.59. The molecule has 2 unspecified atom stereocenters. The highest BCUT2D eigenvalue weighted by molar-refractivity contribution is 8.03. The van der Waals surface area contributed by atoms with Crippen LogP contribution in [0.4, 0.5) is 23.2 Å². The van der Waals surface area contributed by atoms with Crippen LogP contribution in [0.5, 0.6) is 0 Å². The van der Waals surface area contributed by atoms with Crippen LogP contribution in [-0.4, -0.2) is 15.7 Å². The Hall–Kier alpha value is -2.16. The monoisotopic (exact) mass is 426 g/mol. The van der Waals surface area contributed by atoms with Crippen molar-refractivity contribution in [3.05, 3.63) is 58.5 Å². The molecule has 0 spiro atoms. The van der Waals surface area contributed by atoms with E-state index in [1.54, 1.807) is 29.0 Å². The molecule has 1 aromatic carbocycles. The topological polar surface area (TPSA) is 47.1 Å². The van der Waals surface area contributed by atoms with Gasteiger partial charge < -0.3 is 10.6 Å². The van der Waals surface area contributed by atoms with Gasteiger partial charge >= 0.3 is 0 Å². The molecule has 1 aliphatic carbocycles. The average Bonchev–Trinajstić information content (AvgIpc) is 3.14. The van der Waals surface area contributed by atoms with E-state index in [4.69, 9.17) is 5.73 Å². The van der Waals surface area contributed by atoms with Crippen molar-refractivity contribution in [1.29, 1.82) is 0 Å². The summed E-state index contributed by atoms with van der Waals surface area (Å²) in [4.78, 5) is 1.65. The van der Waals surface area contributed by atoms with Crippen LogP contribution in [-0.2, 0) is 7.05 Å². The fraction of sp³-hybridized carbons (Fsp3) is 0.450. The molecule has 1 aromatic heterocycles. The fourth-order valence-corrected chi connectivity index (χ4v) is 5.30. The van der Waals surface area contributed by atoms with Crippen LogP contribution in [0.1, 0.15) is 54.7 Å². The fourth-order valence-electron chi connectivity index (χ4n) is 4.24. The number of alkyl halides is 2. The number of aromatic nitrogens is 2. The Bertz CT molecular complexity index is 922. The summed E-state index contributed by atoms with van der Waals surface area (Å²) in [7, 11) is 1.71. The Morgan fingerprint density at radius 3 is 2.66 bits per heavy atom. The number of rotatable bonds is 3. The molecular formula is C20H22F4N4S. The second-order valence-electron chi connectivity index (χ2n) is 7.59. The average molecular weight is 426 g/mol. The number of aryl methyl sites for hydroxylation is 1. The van der Waals surface area contributed by atoms with E-state index in [1.807, 2.05) is 0 Å². The largest absolute Gasteiger partial charge is 0.392 e. The lowest BCUT2D eigenvalue weighted by Gasteiger charge is -2.28. The summed E-state index contributed by atoms with van der Waals surface area (Å²) in [6.45, 7) is 0. The molecule has 2 aliphatic rings. The van der Waals surface area contributed by atoms with Gasteiger partial charge in [0.1, 0.15) is 17.0 Å². The van der Waals surface area contributed by atoms with Crippen molar-refractivity contribution in [2.45, 2.75) is 49.3 Å². The first-order valence-electron chi connectivity index (χ1n) is 9.53. The van der Waals surface area contributed by atoms with Crippen LogP contribution in [0.15, 0.2) is 35.6 Å². The van der Waals surface area contributed by atoms with Gasteiger partial charge in [0.25, 0.3) is 0 Å². The molecule has 0 bridgehead atoms. The van der Waals surface area contributed by atoms with Gasteiger partial charge in [0.15, 0.2) is 0 Å². The van der Waals surface area contributed by atoms with Crippen LogP contribution in [0.3, 0.4) is 0 Å². The molecule has 1 saturated carbocycles. The van der Waals surface area contributed by atoms with Crippen LogP contribution >= 0.6 is 11.8 Å². The maximum Gasteiger partial charge on any atom is 0.248 e. The number of nitrogens with two attached hydrogens (primary N) is 1. The highest BCUT2D eigenvalue weighted by atomic mass is 32.2. The predicted octanol–water partition coefficient (Wildman–Crippen LogP) is 5.39. The first kappa shape index (κ1) is 20.1. The molecule has 2 heterocycles. The number of nitrogens with zero attached hydrogens (tertiary/aromatic N) is 3. The Labute approximate surface area is 170 Å². The predicted molar refractivity (Wildman–Crippen MR) is 105 cm³/mol. The third kappa shape index (κ3) is 3.84. The standard InChI is InChI=1S/C20H22F4N4S/c1-27-18(12-5-2-3-8-20(23,24)9-12)15(10-26-27)28-11-16(25)29-19(28)17-13(21)6-4-7-14(17)22/h4,6-7,10-12,19H,2-3,5,8-9,25H2,1H3. The smallest absolute Gasteiger partial charge is 0.248 e. The Balaban J connectivity index is 1.76. The Morgan fingerprint density at radius 1 is 1.21 bits per heavy atom. The Kier molecular flexibility index (Phi) is 5.27. The van der Waals surface area contributed by atoms with E-state index in [-0.39, 0.29) is 18.4 Å². The molecule has 156 valence electrons. The first-order chi connectivity index (χ1) is 13.8. The molecule has 2 aromatic rings. The molecule has 0 amide bonds. The molecular weight excluding hydrogens is 404 g/mol. The number of anilines is 1. The van der Waals surface area contributed by atoms with E-state index >= 15 is 0 Å². The van der Waals surface area contributed by atoms with Gasteiger partial charge in [-0.3, -0.25) is 4.68 Å². The summed E-state index contributed by atoms with van der Waals surface area (Å²) in [5, 5.41) is 3.89. The summed E-state index contributed by atoms with van der Waals surface area (Å²) in [6.07, 6.45) is 4.55. The van der Waals surface area contributed by atoms with Crippen molar-refractivity contribution in [3.63, 3.8) is 0 Å². The maximum atomic E-state index is 14.5. The molecule has 4 nitrogen and oxygen atoms in total. The van der Waals surface area contributed by atoms with Gasteiger partial charge in [-0.2, -0.15) is 5.10 Å². The molecule has 4 rings (SSSR count). The molecule has 29 heavy (non-hydrogen) atoms. The first-order valence-corrected chi connectivity index (χ1v) is 10.4. The van der Waals surface area contributed by atoms with E-state index in [2.05, 4.69) is 5.10 Å². The van der Waals surface area contributed by atoms with Gasteiger partial charge in [-0.15, -0.1) is 0 Å². The SMILES string of the molecule is Cn1ncc(N2C=C(N)SC2c2c(F)cccc2F)c1C1CCCCC(F)(F)C1. The maximum absolute atomic E-state index is 14.5. The third-order valence-electron chi connectivity index (χ3n) is 5.53. The number of hydrogen-bond donors (Lipinski definition) is 1. The van der Waals surface area contributed by atoms with Gasteiger partial charge in [-0.1, -0.05) is 24.2 Å². The molecule has 0 saturated heterocycles. The van der Waals surface area contributed by atoms with Crippen molar-refractivity contribution in [2.24, 2.45) is 12.8 Å². The summed E-state index contributed by atoms with van der Waals surface area (Å²) >= 11 is 1.12. The van der Waals surface area contributed by atoms with Crippen LogP contribution < -0.4 is 10.6 Å².